The third-order valence-electron chi connectivity index (χ3n) is 5.21. The fourth-order valence-corrected chi connectivity index (χ4v) is 3.85. The van der Waals surface area contributed by atoms with Crippen LogP contribution in [-0.2, 0) is 4.74 Å². The highest BCUT2D eigenvalue weighted by Crippen LogP contribution is 2.34. The van der Waals surface area contributed by atoms with Crippen molar-refractivity contribution in [2.24, 2.45) is 11.7 Å². The Morgan fingerprint density at radius 2 is 2.16 bits per heavy atom. The predicted molar refractivity (Wildman–Crippen MR) is 80.3 cm³/mol. The lowest BCUT2D eigenvalue weighted by molar-refractivity contribution is -0.0732. The molecule has 0 aromatic rings. The van der Waals surface area contributed by atoms with Gasteiger partial charge < -0.3 is 10.5 Å². The van der Waals surface area contributed by atoms with Crippen molar-refractivity contribution in [2.75, 3.05) is 26.2 Å². The summed E-state index contributed by atoms with van der Waals surface area (Å²) in [4.78, 5) is 2.71. The van der Waals surface area contributed by atoms with Gasteiger partial charge in [-0.25, -0.2) is 0 Å². The first-order valence-electron chi connectivity index (χ1n) is 8.27. The van der Waals surface area contributed by atoms with E-state index in [2.05, 4.69) is 18.7 Å². The average Bonchev–Trinajstić information content (AvgIpc) is 2.64. The molecule has 0 saturated carbocycles. The summed E-state index contributed by atoms with van der Waals surface area (Å²) in [5.74, 6) is 0.881. The minimum atomic E-state index is 0.224. The summed E-state index contributed by atoms with van der Waals surface area (Å²) in [6, 6.07) is 0. The Hall–Kier alpha value is -0.120. The molecule has 19 heavy (non-hydrogen) atoms. The zero-order valence-electron chi connectivity index (χ0n) is 12.9. The quantitative estimate of drug-likeness (QED) is 0.852. The number of nitrogens with two attached hydrogens (primary N) is 1. The zero-order chi connectivity index (χ0) is 13.7. The third kappa shape index (κ3) is 3.71. The monoisotopic (exact) mass is 268 g/mol. The molecule has 2 aliphatic heterocycles. The summed E-state index contributed by atoms with van der Waals surface area (Å²) in [5, 5.41) is 0. The van der Waals surface area contributed by atoms with Gasteiger partial charge in [0.1, 0.15) is 0 Å². The lowest BCUT2D eigenvalue weighted by Gasteiger charge is -2.48. The lowest BCUT2D eigenvalue weighted by Crippen LogP contribution is -2.58. The van der Waals surface area contributed by atoms with Gasteiger partial charge in [0, 0.05) is 18.7 Å². The van der Waals surface area contributed by atoms with Gasteiger partial charge in [0.25, 0.3) is 0 Å². The standard InChI is InChI=1S/C16H32N2O/c1-3-5-15-12-16(13-17,8-11-19-15)18-9-4-6-14(2)7-10-18/h14-15H,3-13,17H2,1-2H3. The van der Waals surface area contributed by atoms with Crippen LogP contribution in [0.15, 0.2) is 0 Å². The van der Waals surface area contributed by atoms with Gasteiger partial charge in [0.2, 0.25) is 0 Å². The Morgan fingerprint density at radius 3 is 2.89 bits per heavy atom. The highest BCUT2D eigenvalue weighted by Gasteiger charge is 2.40. The summed E-state index contributed by atoms with van der Waals surface area (Å²) in [7, 11) is 0. The summed E-state index contributed by atoms with van der Waals surface area (Å²) < 4.78 is 5.94. The molecule has 3 atom stereocenters. The molecule has 2 aliphatic rings. The van der Waals surface area contributed by atoms with Gasteiger partial charge in [-0.1, -0.05) is 20.3 Å². The molecule has 2 heterocycles. The maximum atomic E-state index is 6.22. The maximum absolute atomic E-state index is 6.22. The maximum Gasteiger partial charge on any atom is 0.0593 e. The summed E-state index contributed by atoms with van der Waals surface area (Å²) in [5.41, 5.74) is 6.44. The van der Waals surface area contributed by atoms with Gasteiger partial charge in [-0.2, -0.15) is 0 Å². The van der Waals surface area contributed by atoms with Crippen LogP contribution >= 0.6 is 0 Å². The molecule has 0 bridgehead atoms. The van der Waals surface area contributed by atoms with Gasteiger partial charge in [-0.15, -0.1) is 0 Å². The van der Waals surface area contributed by atoms with Crippen molar-refractivity contribution in [2.45, 2.75) is 70.4 Å². The fraction of sp³-hybridized carbons (Fsp3) is 1.00. The number of hydrogen-bond acceptors (Lipinski definition) is 3. The van der Waals surface area contributed by atoms with Crippen molar-refractivity contribution in [3.05, 3.63) is 0 Å². The molecule has 3 heteroatoms. The molecule has 0 aromatic heterocycles. The van der Waals surface area contributed by atoms with Crippen molar-refractivity contribution in [1.82, 2.24) is 4.90 Å². The van der Waals surface area contributed by atoms with Gasteiger partial charge in [-0.05, 0) is 57.5 Å². The topological polar surface area (TPSA) is 38.5 Å². The van der Waals surface area contributed by atoms with E-state index in [1.165, 1.54) is 45.2 Å². The Balaban J connectivity index is 2.03. The van der Waals surface area contributed by atoms with Crippen LogP contribution < -0.4 is 5.73 Å². The van der Waals surface area contributed by atoms with Crippen LogP contribution in [0.5, 0.6) is 0 Å². The molecule has 2 N–H and O–H groups in total. The summed E-state index contributed by atoms with van der Waals surface area (Å²) >= 11 is 0. The van der Waals surface area contributed by atoms with Crippen LogP contribution in [0.3, 0.4) is 0 Å². The molecule has 112 valence electrons. The molecule has 0 radical (unpaired) electrons. The second-order valence-electron chi connectivity index (χ2n) is 6.69. The SMILES string of the molecule is CCCC1CC(CN)(N2CCCC(C)CC2)CCO1. The molecule has 2 fully saturated rings. The Bertz CT molecular complexity index is 269. The Labute approximate surface area is 118 Å². The van der Waals surface area contributed by atoms with Crippen LogP contribution in [0.25, 0.3) is 0 Å². The normalized spacial score (nSPS) is 38.1. The molecule has 0 aromatic carbocycles. The molecule has 2 rings (SSSR count). The van der Waals surface area contributed by atoms with Crippen LogP contribution in [0.4, 0.5) is 0 Å². The first-order valence-corrected chi connectivity index (χ1v) is 8.27. The molecule has 2 saturated heterocycles. The summed E-state index contributed by atoms with van der Waals surface area (Å²) in [6.45, 7) is 8.80. The largest absolute Gasteiger partial charge is 0.378 e. The van der Waals surface area contributed by atoms with Gasteiger partial charge in [0.15, 0.2) is 0 Å². The molecular weight excluding hydrogens is 236 g/mol. The van der Waals surface area contributed by atoms with E-state index in [1.54, 1.807) is 0 Å². The van der Waals surface area contributed by atoms with Crippen molar-refractivity contribution in [3.8, 4) is 0 Å². The van der Waals surface area contributed by atoms with E-state index < -0.39 is 0 Å². The fourth-order valence-electron chi connectivity index (χ4n) is 3.85. The smallest absolute Gasteiger partial charge is 0.0593 e. The van der Waals surface area contributed by atoms with E-state index in [9.17, 15) is 0 Å². The number of ether oxygens (including phenoxy) is 1. The molecule has 3 unspecified atom stereocenters. The minimum Gasteiger partial charge on any atom is -0.378 e. The number of rotatable bonds is 4. The number of nitrogens with zero attached hydrogens (tertiary/aromatic N) is 1. The van der Waals surface area contributed by atoms with E-state index in [4.69, 9.17) is 10.5 Å². The Kier molecular flexibility index (Phi) is 5.67. The van der Waals surface area contributed by atoms with E-state index in [0.717, 1.165) is 31.9 Å². The molecule has 3 nitrogen and oxygen atoms in total. The molecule has 0 amide bonds. The van der Waals surface area contributed by atoms with Crippen LogP contribution in [0.2, 0.25) is 0 Å². The van der Waals surface area contributed by atoms with Crippen LogP contribution in [0.1, 0.15) is 58.8 Å². The predicted octanol–water partition coefficient (Wildman–Crippen LogP) is 2.79. The van der Waals surface area contributed by atoms with Crippen molar-refractivity contribution in [1.29, 1.82) is 0 Å². The number of likely N-dealkylation sites (tertiary alicyclic amines) is 1. The van der Waals surface area contributed by atoms with E-state index in [-0.39, 0.29) is 5.54 Å². The molecular formula is C16H32N2O. The van der Waals surface area contributed by atoms with Crippen LogP contribution in [0, 0.1) is 5.92 Å². The first kappa shape index (κ1) is 15.3. The van der Waals surface area contributed by atoms with Gasteiger partial charge in [-0.3, -0.25) is 4.90 Å². The van der Waals surface area contributed by atoms with E-state index >= 15 is 0 Å². The molecule has 0 spiro atoms. The van der Waals surface area contributed by atoms with Crippen molar-refractivity contribution in [3.63, 3.8) is 0 Å². The third-order valence-corrected chi connectivity index (χ3v) is 5.21. The highest BCUT2D eigenvalue weighted by molar-refractivity contribution is 4.97. The lowest BCUT2D eigenvalue weighted by atomic mass is 9.83. The van der Waals surface area contributed by atoms with Crippen molar-refractivity contribution >= 4 is 0 Å². The minimum absolute atomic E-state index is 0.224. The first-order chi connectivity index (χ1) is 9.20. The summed E-state index contributed by atoms with van der Waals surface area (Å²) in [6.07, 6.45) is 9.15. The Morgan fingerprint density at radius 1 is 1.32 bits per heavy atom. The van der Waals surface area contributed by atoms with Gasteiger partial charge >= 0.3 is 0 Å². The van der Waals surface area contributed by atoms with E-state index in [0.29, 0.717) is 6.10 Å². The zero-order valence-corrected chi connectivity index (χ0v) is 12.9. The van der Waals surface area contributed by atoms with Crippen molar-refractivity contribution < 1.29 is 4.74 Å². The second-order valence-corrected chi connectivity index (χ2v) is 6.69. The van der Waals surface area contributed by atoms with Crippen LogP contribution in [-0.4, -0.2) is 42.8 Å². The average molecular weight is 268 g/mol. The van der Waals surface area contributed by atoms with E-state index in [1.807, 2.05) is 0 Å². The highest BCUT2D eigenvalue weighted by atomic mass is 16.5. The second kappa shape index (κ2) is 7.05. The number of hydrogen-bond donors (Lipinski definition) is 1. The molecule has 0 aliphatic carbocycles. The van der Waals surface area contributed by atoms with Gasteiger partial charge in [0.05, 0.1) is 6.10 Å².